The number of nitrogens with one attached hydrogen (secondary N) is 1. The summed E-state index contributed by atoms with van der Waals surface area (Å²) >= 11 is 0. The molecule has 1 fully saturated rings. The smallest absolute Gasteiger partial charge is 0.203 e. The second kappa shape index (κ2) is 11.3. The van der Waals surface area contributed by atoms with E-state index in [0.717, 1.165) is 44.0 Å². The number of guanidine groups is 1. The number of aromatic nitrogens is 2. The lowest BCUT2D eigenvalue weighted by Crippen LogP contribution is -2.40. The van der Waals surface area contributed by atoms with Crippen molar-refractivity contribution in [2.24, 2.45) is 12.0 Å². The van der Waals surface area contributed by atoms with E-state index in [9.17, 15) is 0 Å². The summed E-state index contributed by atoms with van der Waals surface area (Å²) in [5, 5.41) is 7.78. The van der Waals surface area contributed by atoms with E-state index < -0.39 is 0 Å². The van der Waals surface area contributed by atoms with Gasteiger partial charge in [0.2, 0.25) is 5.75 Å². The Morgan fingerprint density at radius 3 is 2.57 bits per heavy atom. The van der Waals surface area contributed by atoms with Crippen LogP contribution in [0, 0.1) is 0 Å². The predicted octanol–water partition coefficient (Wildman–Crippen LogP) is 2.67. The summed E-state index contributed by atoms with van der Waals surface area (Å²) in [4.78, 5) is 6.78. The van der Waals surface area contributed by atoms with Crippen LogP contribution in [0.5, 0.6) is 17.2 Å². The summed E-state index contributed by atoms with van der Waals surface area (Å²) in [7, 11) is 8.68. The van der Waals surface area contributed by atoms with E-state index in [1.54, 1.807) is 21.3 Å². The van der Waals surface area contributed by atoms with Crippen molar-refractivity contribution in [3.05, 3.63) is 35.7 Å². The van der Waals surface area contributed by atoms with Crippen molar-refractivity contribution in [1.82, 2.24) is 20.0 Å². The largest absolute Gasteiger partial charge is 0.493 e. The van der Waals surface area contributed by atoms with Gasteiger partial charge in [0.1, 0.15) is 0 Å². The molecule has 9 heteroatoms. The Bertz CT molecular complexity index is 855. The second-order valence-corrected chi connectivity index (χ2v) is 7.10. The molecule has 3 rings (SSSR count). The number of aliphatic imine (C=N–C) groups is 1. The SMILES string of the molecule is CN=C(NCCc1ccc(OC)c(OC)c1OC)N1CCC(c2cnn(C)c2)C1.I. The maximum Gasteiger partial charge on any atom is 0.203 e. The molecule has 0 amide bonds. The fourth-order valence-electron chi connectivity index (χ4n) is 3.88. The van der Waals surface area contributed by atoms with Crippen LogP contribution in [0.1, 0.15) is 23.5 Å². The van der Waals surface area contributed by atoms with Gasteiger partial charge in [0.25, 0.3) is 0 Å². The van der Waals surface area contributed by atoms with E-state index >= 15 is 0 Å². The van der Waals surface area contributed by atoms with Crippen molar-refractivity contribution >= 4 is 29.9 Å². The zero-order valence-corrected chi connectivity index (χ0v) is 20.7. The standard InChI is InChI=1S/C21H31N5O3.HI/c1-22-21(26-11-9-16(14-26)17-12-24-25(2)13-17)23-10-8-15-6-7-18(27-3)20(29-5)19(15)28-4;/h6-7,12-13,16H,8-11,14H2,1-5H3,(H,22,23);1H. The van der Waals surface area contributed by atoms with E-state index in [1.165, 1.54) is 5.56 Å². The maximum atomic E-state index is 5.58. The molecule has 0 radical (unpaired) electrons. The van der Waals surface area contributed by atoms with Gasteiger partial charge in [-0.15, -0.1) is 24.0 Å². The number of ether oxygens (including phenoxy) is 3. The van der Waals surface area contributed by atoms with Gasteiger partial charge < -0.3 is 24.4 Å². The lowest BCUT2D eigenvalue weighted by atomic mass is 10.0. The third kappa shape index (κ3) is 5.30. The van der Waals surface area contributed by atoms with Crippen molar-refractivity contribution in [2.45, 2.75) is 18.8 Å². The molecule has 0 aliphatic carbocycles. The summed E-state index contributed by atoms with van der Waals surface area (Å²) in [6, 6.07) is 3.92. The minimum absolute atomic E-state index is 0. The molecule has 2 heterocycles. The predicted molar refractivity (Wildman–Crippen MR) is 129 cm³/mol. The van der Waals surface area contributed by atoms with Crippen LogP contribution >= 0.6 is 24.0 Å². The third-order valence-corrected chi connectivity index (χ3v) is 5.36. The molecule has 30 heavy (non-hydrogen) atoms. The van der Waals surface area contributed by atoms with Gasteiger partial charge in [-0.2, -0.15) is 5.10 Å². The quantitative estimate of drug-likeness (QED) is 0.338. The number of rotatable bonds is 7. The van der Waals surface area contributed by atoms with Crippen LogP contribution in [-0.4, -0.2) is 68.7 Å². The zero-order valence-electron chi connectivity index (χ0n) is 18.3. The fourth-order valence-corrected chi connectivity index (χ4v) is 3.88. The summed E-state index contributed by atoms with van der Waals surface area (Å²) in [5.41, 5.74) is 2.35. The average Bonchev–Trinajstić information content (AvgIpc) is 3.39. The van der Waals surface area contributed by atoms with Crippen molar-refractivity contribution in [2.75, 3.05) is 48.0 Å². The zero-order chi connectivity index (χ0) is 20.8. The topological polar surface area (TPSA) is 73.1 Å². The number of benzene rings is 1. The monoisotopic (exact) mass is 529 g/mol. The minimum Gasteiger partial charge on any atom is -0.493 e. The second-order valence-electron chi connectivity index (χ2n) is 7.10. The highest BCUT2D eigenvalue weighted by Gasteiger charge is 2.27. The van der Waals surface area contributed by atoms with E-state index in [0.29, 0.717) is 23.2 Å². The van der Waals surface area contributed by atoms with Crippen LogP contribution in [0.4, 0.5) is 0 Å². The van der Waals surface area contributed by atoms with Crippen LogP contribution in [0.25, 0.3) is 0 Å². The molecule has 8 nitrogen and oxygen atoms in total. The van der Waals surface area contributed by atoms with Crippen molar-refractivity contribution in [3.8, 4) is 17.2 Å². The van der Waals surface area contributed by atoms with Crippen LogP contribution in [0.15, 0.2) is 29.5 Å². The van der Waals surface area contributed by atoms with Gasteiger partial charge in [-0.25, -0.2) is 0 Å². The summed E-state index contributed by atoms with van der Waals surface area (Å²) in [6.07, 6.45) is 5.96. The molecule has 1 aliphatic heterocycles. The molecule has 1 aromatic heterocycles. The first kappa shape index (κ1) is 24.1. The van der Waals surface area contributed by atoms with E-state index in [-0.39, 0.29) is 24.0 Å². The molecule has 0 bridgehead atoms. The molecule has 0 spiro atoms. The molecular weight excluding hydrogens is 497 g/mol. The number of aryl methyl sites for hydroxylation is 1. The first-order chi connectivity index (χ1) is 14.1. The lowest BCUT2D eigenvalue weighted by Gasteiger charge is -2.22. The Hall–Kier alpha value is -2.17. The van der Waals surface area contributed by atoms with E-state index in [2.05, 4.69) is 26.5 Å². The van der Waals surface area contributed by atoms with Crippen LogP contribution in [0.2, 0.25) is 0 Å². The summed E-state index contributed by atoms with van der Waals surface area (Å²) in [6.45, 7) is 2.68. The number of halogens is 1. The van der Waals surface area contributed by atoms with Gasteiger partial charge in [0.05, 0.1) is 27.5 Å². The first-order valence-corrected chi connectivity index (χ1v) is 9.83. The highest BCUT2D eigenvalue weighted by Crippen LogP contribution is 2.39. The lowest BCUT2D eigenvalue weighted by molar-refractivity contribution is 0.322. The Kier molecular flexibility index (Phi) is 9.07. The molecule has 1 atom stereocenters. The van der Waals surface area contributed by atoms with Gasteiger partial charge >= 0.3 is 0 Å². The summed E-state index contributed by atoms with van der Waals surface area (Å²) < 4.78 is 18.3. The van der Waals surface area contributed by atoms with Crippen LogP contribution in [-0.2, 0) is 13.5 Å². The van der Waals surface area contributed by atoms with Gasteiger partial charge in [0.15, 0.2) is 17.5 Å². The molecule has 1 unspecified atom stereocenters. The van der Waals surface area contributed by atoms with Crippen molar-refractivity contribution in [1.29, 1.82) is 0 Å². The first-order valence-electron chi connectivity index (χ1n) is 9.83. The number of hydrogen-bond donors (Lipinski definition) is 1. The van der Waals surface area contributed by atoms with Gasteiger partial charge in [-0.1, -0.05) is 6.07 Å². The summed E-state index contributed by atoms with van der Waals surface area (Å²) in [5.74, 6) is 3.41. The highest BCUT2D eigenvalue weighted by molar-refractivity contribution is 14.0. The number of methoxy groups -OCH3 is 3. The van der Waals surface area contributed by atoms with Gasteiger partial charge in [-0.3, -0.25) is 9.67 Å². The minimum atomic E-state index is 0. The Morgan fingerprint density at radius 1 is 1.20 bits per heavy atom. The van der Waals surface area contributed by atoms with Gasteiger partial charge in [-0.05, 0) is 24.5 Å². The maximum absolute atomic E-state index is 5.58. The Labute approximate surface area is 195 Å². The molecule has 166 valence electrons. The number of nitrogens with zero attached hydrogens (tertiary/aromatic N) is 4. The third-order valence-electron chi connectivity index (χ3n) is 5.36. The van der Waals surface area contributed by atoms with Gasteiger partial charge in [0, 0.05) is 51.4 Å². The van der Waals surface area contributed by atoms with Crippen molar-refractivity contribution in [3.63, 3.8) is 0 Å². The molecule has 0 saturated carbocycles. The van der Waals surface area contributed by atoms with E-state index in [4.69, 9.17) is 14.2 Å². The Morgan fingerprint density at radius 2 is 1.97 bits per heavy atom. The fraction of sp³-hybridized carbons (Fsp3) is 0.524. The number of hydrogen-bond acceptors (Lipinski definition) is 5. The van der Waals surface area contributed by atoms with Crippen molar-refractivity contribution < 1.29 is 14.2 Å². The van der Waals surface area contributed by atoms with Crippen LogP contribution < -0.4 is 19.5 Å². The normalized spacial score (nSPS) is 16.2. The number of likely N-dealkylation sites (tertiary alicyclic amines) is 1. The highest BCUT2D eigenvalue weighted by atomic mass is 127. The molecule has 1 aromatic carbocycles. The molecule has 2 aromatic rings. The van der Waals surface area contributed by atoms with E-state index in [1.807, 2.05) is 37.1 Å². The van der Waals surface area contributed by atoms with Crippen LogP contribution in [0.3, 0.4) is 0 Å². The Balaban J connectivity index is 0.00000320. The molecule has 1 aliphatic rings. The molecule has 1 saturated heterocycles. The average molecular weight is 529 g/mol. The molecule has 1 N–H and O–H groups in total. The molecular formula is C21H32IN5O3.